The summed E-state index contributed by atoms with van der Waals surface area (Å²) in [6, 6.07) is 0.231. The van der Waals surface area contributed by atoms with Gasteiger partial charge in [-0.25, -0.2) is 0 Å². The topological polar surface area (TPSA) is 44.5 Å². The largest absolute Gasteiger partial charge is 0.379 e. The Hall–Kier alpha value is -0.120. The summed E-state index contributed by atoms with van der Waals surface area (Å²) in [6.07, 6.45) is 6.38. The van der Waals surface area contributed by atoms with Crippen molar-refractivity contribution in [2.75, 3.05) is 19.8 Å². The fourth-order valence-corrected chi connectivity index (χ4v) is 2.50. The molecule has 0 aliphatic heterocycles. The molecule has 96 valence electrons. The quantitative estimate of drug-likeness (QED) is 0.681. The Kier molecular flexibility index (Phi) is 7.01. The Labute approximate surface area is 99.7 Å². The molecule has 0 aromatic rings. The molecule has 3 unspecified atom stereocenters. The summed E-state index contributed by atoms with van der Waals surface area (Å²) in [7, 11) is 0. The second-order valence-electron chi connectivity index (χ2n) is 4.74. The van der Waals surface area contributed by atoms with Gasteiger partial charge < -0.3 is 15.2 Å². The first-order valence-electron chi connectivity index (χ1n) is 6.72. The van der Waals surface area contributed by atoms with E-state index in [9.17, 15) is 0 Å². The molecule has 3 heteroatoms. The fourth-order valence-electron chi connectivity index (χ4n) is 2.50. The minimum Gasteiger partial charge on any atom is -0.379 e. The first-order chi connectivity index (χ1) is 7.77. The van der Waals surface area contributed by atoms with Crippen molar-refractivity contribution in [3.8, 4) is 0 Å². The van der Waals surface area contributed by atoms with Crippen LogP contribution in [0, 0.1) is 5.92 Å². The smallest absolute Gasteiger partial charge is 0.0729 e. The predicted molar refractivity (Wildman–Crippen MR) is 66.5 cm³/mol. The Balaban J connectivity index is 2.21. The van der Waals surface area contributed by atoms with E-state index in [2.05, 4.69) is 6.92 Å². The van der Waals surface area contributed by atoms with Gasteiger partial charge >= 0.3 is 0 Å². The highest BCUT2D eigenvalue weighted by molar-refractivity contribution is 4.83. The Morgan fingerprint density at radius 3 is 2.69 bits per heavy atom. The molecule has 0 amide bonds. The molecular formula is C13H27NO2. The second kappa shape index (κ2) is 8.04. The van der Waals surface area contributed by atoms with Gasteiger partial charge in [-0.3, -0.25) is 0 Å². The van der Waals surface area contributed by atoms with Crippen molar-refractivity contribution in [1.29, 1.82) is 0 Å². The molecule has 0 aromatic carbocycles. The van der Waals surface area contributed by atoms with E-state index < -0.39 is 0 Å². The molecular weight excluding hydrogens is 202 g/mol. The Morgan fingerprint density at radius 1 is 1.19 bits per heavy atom. The van der Waals surface area contributed by atoms with Crippen LogP contribution in [0.4, 0.5) is 0 Å². The summed E-state index contributed by atoms with van der Waals surface area (Å²) >= 11 is 0. The maximum absolute atomic E-state index is 6.09. The molecule has 1 rings (SSSR count). The lowest BCUT2D eigenvalue weighted by atomic mass is 9.82. The molecule has 1 aliphatic carbocycles. The normalized spacial score (nSPS) is 30.6. The fraction of sp³-hybridized carbons (Fsp3) is 1.00. The van der Waals surface area contributed by atoms with E-state index in [1.165, 1.54) is 19.3 Å². The maximum atomic E-state index is 6.09. The van der Waals surface area contributed by atoms with E-state index in [0.29, 0.717) is 13.2 Å². The monoisotopic (exact) mass is 229 g/mol. The predicted octanol–water partition coefficient (Wildman–Crippen LogP) is 2.34. The van der Waals surface area contributed by atoms with Crippen molar-refractivity contribution in [3.05, 3.63) is 0 Å². The van der Waals surface area contributed by atoms with E-state index in [4.69, 9.17) is 15.2 Å². The Bertz CT molecular complexity index is 175. The molecule has 0 aromatic heterocycles. The maximum Gasteiger partial charge on any atom is 0.0729 e. The molecule has 2 N–H and O–H groups in total. The molecule has 0 spiro atoms. The van der Waals surface area contributed by atoms with E-state index in [0.717, 1.165) is 25.4 Å². The molecule has 0 radical (unpaired) electrons. The van der Waals surface area contributed by atoms with Crippen molar-refractivity contribution < 1.29 is 9.47 Å². The van der Waals surface area contributed by atoms with E-state index in [1.807, 2.05) is 6.92 Å². The van der Waals surface area contributed by atoms with Gasteiger partial charge in [0, 0.05) is 12.6 Å². The van der Waals surface area contributed by atoms with E-state index in [-0.39, 0.29) is 12.1 Å². The average molecular weight is 229 g/mol. The number of hydrogen-bond acceptors (Lipinski definition) is 3. The average Bonchev–Trinajstić information content (AvgIpc) is 2.29. The lowest BCUT2D eigenvalue weighted by molar-refractivity contribution is -0.0283. The van der Waals surface area contributed by atoms with Gasteiger partial charge in [0.15, 0.2) is 0 Å². The number of rotatable bonds is 7. The summed E-state index contributed by atoms with van der Waals surface area (Å²) in [5.74, 6) is 0.821. The van der Waals surface area contributed by atoms with Crippen LogP contribution in [0.1, 0.15) is 46.0 Å². The third kappa shape index (κ3) is 4.81. The number of nitrogens with two attached hydrogens (primary N) is 1. The van der Waals surface area contributed by atoms with Gasteiger partial charge in [0.25, 0.3) is 0 Å². The van der Waals surface area contributed by atoms with E-state index >= 15 is 0 Å². The minimum atomic E-state index is 0.231. The van der Waals surface area contributed by atoms with Crippen LogP contribution in [0.25, 0.3) is 0 Å². The molecule has 1 aliphatic rings. The number of ether oxygens (including phenoxy) is 2. The molecule has 0 heterocycles. The zero-order valence-corrected chi connectivity index (χ0v) is 10.8. The van der Waals surface area contributed by atoms with Crippen LogP contribution in [0.3, 0.4) is 0 Å². The van der Waals surface area contributed by atoms with Crippen molar-refractivity contribution in [2.24, 2.45) is 11.7 Å². The summed E-state index contributed by atoms with van der Waals surface area (Å²) in [5, 5.41) is 0. The summed E-state index contributed by atoms with van der Waals surface area (Å²) < 4.78 is 11.1. The highest BCUT2D eigenvalue weighted by Crippen LogP contribution is 2.28. The van der Waals surface area contributed by atoms with Gasteiger partial charge in [-0.1, -0.05) is 19.8 Å². The highest BCUT2D eigenvalue weighted by Gasteiger charge is 2.28. The van der Waals surface area contributed by atoms with Crippen molar-refractivity contribution >= 4 is 0 Å². The molecule has 3 nitrogen and oxygen atoms in total. The first-order valence-corrected chi connectivity index (χ1v) is 6.72. The van der Waals surface area contributed by atoms with Gasteiger partial charge in [0.1, 0.15) is 0 Å². The van der Waals surface area contributed by atoms with Gasteiger partial charge in [0.2, 0.25) is 0 Å². The third-order valence-electron chi connectivity index (χ3n) is 3.41. The molecule has 0 saturated heterocycles. The van der Waals surface area contributed by atoms with E-state index in [1.54, 1.807) is 0 Å². The SMILES string of the molecule is CCCC1CCC(N)C(OCCOCC)C1. The lowest BCUT2D eigenvalue weighted by Crippen LogP contribution is -2.42. The van der Waals surface area contributed by atoms with Crippen LogP contribution in [-0.2, 0) is 9.47 Å². The molecule has 16 heavy (non-hydrogen) atoms. The molecule has 1 saturated carbocycles. The summed E-state index contributed by atoms with van der Waals surface area (Å²) in [5.41, 5.74) is 6.09. The van der Waals surface area contributed by atoms with Gasteiger partial charge in [-0.2, -0.15) is 0 Å². The zero-order chi connectivity index (χ0) is 11.8. The molecule has 0 bridgehead atoms. The van der Waals surface area contributed by atoms with Crippen molar-refractivity contribution in [1.82, 2.24) is 0 Å². The highest BCUT2D eigenvalue weighted by atomic mass is 16.5. The number of hydrogen-bond donors (Lipinski definition) is 1. The van der Waals surface area contributed by atoms with Crippen LogP contribution in [0.5, 0.6) is 0 Å². The summed E-state index contributed by atoms with van der Waals surface area (Å²) in [6.45, 7) is 6.39. The summed E-state index contributed by atoms with van der Waals surface area (Å²) in [4.78, 5) is 0. The Morgan fingerprint density at radius 2 is 2.00 bits per heavy atom. The third-order valence-corrected chi connectivity index (χ3v) is 3.41. The lowest BCUT2D eigenvalue weighted by Gasteiger charge is -2.34. The zero-order valence-electron chi connectivity index (χ0n) is 10.8. The van der Waals surface area contributed by atoms with Gasteiger partial charge in [-0.05, 0) is 32.1 Å². The second-order valence-corrected chi connectivity index (χ2v) is 4.74. The van der Waals surface area contributed by atoms with Crippen LogP contribution in [-0.4, -0.2) is 32.0 Å². The molecule has 1 fully saturated rings. The van der Waals surface area contributed by atoms with Gasteiger partial charge in [0.05, 0.1) is 19.3 Å². The van der Waals surface area contributed by atoms with Crippen molar-refractivity contribution in [2.45, 2.75) is 58.1 Å². The first kappa shape index (κ1) is 13.9. The van der Waals surface area contributed by atoms with Crippen LogP contribution < -0.4 is 5.73 Å². The van der Waals surface area contributed by atoms with Crippen LogP contribution in [0.2, 0.25) is 0 Å². The van der Waals surface area contributed by atoms with Crippen LogP contribution >= 0.6 is 0 Å². The molecule has 3 atom stereocenters. The van der Waals surface area contributed by atoms with Crippen LogP contribution in [0.15, 0.2) is 0 Å². The van der Waals surface area contributed by atoms with Crippen molar-refractivity contribution in [3.63, 3.8) is 0 Å². The minimum absolute atomic E-state index is 0.231. The standard InChI is InChI=1S/C13H27NO2/c1-3-5-11-6-7-12(14)13(10-11)16-9-8-15-4-2/h11-13H,3-10,14H2,1-2H3. The van der Waals surface area contributed by atoms with Gasteiger partial charge in [-0.15, -0.1) is 0 Å².